The molecule has 2 aromatic carbocycles. The van der Waals surface area contributed by atoms with Gasteiger partial charge >= 0.3 is 0 Å². The first-order valence-corrected chi connectivity index (χ1v) is 7.91. The maximum atomic E-state index is 2.50. The van der Waals surface area contributed by atoms with E-state index in [9.17, 15) is 0 Å². The fourth-order valence-corrected chi connectivity index (χ4v) is 5.76. The van der Waals surface area contributed by atoms with E-state index >= 15 is 0 Å². The van der Waals surface area contributed by atoms with Crippen LogP contribution in [0.25, 0.3) is 0 Å². The lowest BCUT2D eigenvalue weighted by Crippen LogP contribution is -2.32. The Kier molecular flexibility index (Phi) is 1.87. The van der Waals surface area contributed by atoms with Gasteiger partial charge in [0.15, 0.2) is 0 Å². The van der Waals surface area contributed by atoms with Gasteiger partial charge in [-0.15, -0.1) is 0 Å². The molecule has 0 aromatic heterocycles. The summed E-state index contributed by atoms with van der Waals surface area (Å²) in [7, 11) is 0. The standard InChI is InChI=1S/C20H20/c1-19-12-18(15-7-3-5-9-17(15)19)20(13-19)11-10-14-6-2-4-8-16(14)20/h2-9,18H,10-13H2,1H3. The van der Waals surface area contributed by atoms with E-state index in [0.717, 1.165) is 5.92 Å². The first kappa shape index (κ1) is 11.1. The Bertz CT molecular complexity index is 713. The van der Waals surface area contributed by atoms with E-state index in [-0.39, 0.29) is 0 Å². The maximum absolute atomic E-state index is 2.50. The highest BCUT2D eigenvalue weighted by Gasteiger charge is 2.61. The van der Waals surface area contributed by atoms with Gasteiger partial charge in [0, 0.05) is 5.41 Å². The van der Waals surface area contributed by atoms with Gasteiger partial charge in [-0.1, -0.05) is 55.5 Å². The van der Waals surface area contributed by atoms with Crippen LogP contribution in [-0.2, 0) is 17.3 Å². The number of hydrogen-bond acceptors (Lipinski definition) is 0. The molecule has 1 fully saturated rings. The molecule has 2 aromatic rings. The molecule has 0 N–H and O–H groups in total. The van der Waals surface area contributed by atoms with Crippen LogP contribution in [0.3, 0.4) is 0 Å². The minimum absolute atomic E-state index is 0.415. The van der Waals surface area contributed by atoms with E-state index in [4.69, 9.17) is 0 Å². The van der Waals surface area contributed by atoms with Gasteiger partial charge < -0.3 is 0 Å². The van der Waals surface area contributed by atoms with E-state index in [1.165, 1.54) is 25.7 Å². The highest BCUT2D eigenvalue weighted by molar-refractivity contribution is 5.55. The SMILES string of the molecule is CC12CC(c3ccccc31)C1(CCc3ccccc31)C2. The van der Waals surface area contributed by atoms with Gasteiger partial charge in [0.05, 0.1) is 0 Å². The van der Waals surface area contributed by atoms with Crippen molar-refractivity contribution in [3.63, 3.8) is 0 Å². The lowest BCUT2D eigenvalue weighted by atomic mass is 9.65. The predicted molar refractivity (Wildman–Crippen MR) is 82.2 cm³/mol. The lowest BCUT2D eigenvalue weighted by Gasteiger charge is -2.39. The fraction of sp³-hybridized carbons (Fsp3) is 0.400. The summed E-state index contributed by atoms with van der Waals surface area (Å²) in [5.74, 6) is 0.757. The van der Waals surface area contributed by atoms with Crippen LogP contribution in [0.5, 0.6) is 0 Å². The van der Waals surface area contributed by atoms with Crippen molar-refractivity contribution in [2.75, 3.05) is 0 Å². The van der Waals surface area contributed by atoms with Gasteiger partial charge in [-0.2, -0.15) is 0 Å². The maximum Gasteiger partial charge on any atom is 0.00363 e. The average molecular weight is 260 g/mol. The van der Waals surface area contributed by atoms with E-state index in [0.29, 0.717) is 10.8 Å². The van der Waals surface area contributed by atoms with Crippen LogP contribution in [0.15, 0.2) is 48.5 Å². The second kappa shape index (κ2) is 3.36. The van der Waals surface area contributed by atoms with Crippen LogP contribution in [0.1, 0.15) is 54.4 Å². The van der Waals surface area contributed by atoms with Gasteiger partial charge in [-0.05, 0) is 59.3 Å². The summed E-state index contributed by atoms with van der Waals surface area (Å²) in [6, 6.07) is 18.4. The fourth-order valence-electron chi connectivity index (χ4n) is 5.76. The molecule has 2 bridgehead atoms. The number of aryl methyl sites for hydroxylation is 1. The molecule has 3 atom stereocenters. The summed E-state index contributed by atoms with van der Waals surface area (Å²) < 4.78 is 0. The summed E-state index contributed by atoms with van der Waals surface area (Å²) in [6.45, 7) is 2.50. The minimum atomic E-state index is 0.415. The Labute approximate surface area is 120 Å². The molecule has 0 heteroatoms. The molecule has 0 aliphatic heterocycles. The number of benzene rings is 2. The van der Waals surface area contributed by atoms with Gasteiger partial charge in [0.2, 0.25) is 0 Å². The Morgan fingerprint density at radius 3 is 2.60 bits per heavy atom. The first-order valence-electron chi connectivity index (χ1n) is 7.91. The Balaban J connectivity index is 1.75. The van der Waals surface area contributed by atoms with Gasteiger partial charge in [0.25, 0.3) is 0 Å². The van der Waals surface area contributed by atoms with Crippen LogP contribution in [0.2, 0.25) is 0 Å². The normalized spacial score (nSPS) is 36.4. The summed E-state index contributed by atoms with van der Waals surface area (Å²) >= 11 is 0. The van der Waals surface area contributed by atoms with E-state index in [1.54, 1.807) is 22.3 Å². The quantitative estimate of drug-likeness (QED) is 0.643. The highest BCUT2D eigenvalue weighted by atomic mass is 14.6. The van der Waals surface area contributed by atoms with Crippen molar-refractivity contribution in [2.45, 2.75) is 49.4 Å². The van der Waals surface area contributed by atoms with E-state index in [1.807, 2.05) is 0 Å². The molecule has 0 heterocycles. The molecular weight excluding hydrogens is 240 g/mol. The number of hydrogen-bond donors (Lipinski definition) is 0. The van der Waals surface area contributed by atoms with Crippen LogP contribution >= 0.6 is 0 Å². The highest BCUT2D eigenvalue weighted by Crippen LogP contribution is 2.68. The molecule has 20 heavy (non-hydrogen) atoms. The number of rotatable bonds is 0. The molecule has 1 spiro atoms. The third-order valence-corrected chi connectivity index (χ3v) is 6.41. The molecule has 3 unspecified atom stereocenters. The molecule has 5 rings (SSSR count). The van der Waals surface area contributed by atoms with Crippen molar-refractivity contribution < 1.29 is 0 Å². The van der Waals surface area contributed by atoms with E-state index < -0.39 is 0 Å². The Morgan fingerprint density at radius 2 is 1.70 bits per heavy atom. The molecule has 0 nitrogen and oxygen atoms in total. The third kappa shape index (κ3) is 1.11. The van der Waals surface area contributed by atoms with E-state index in [2.05, 4.69) is 55.5 Å². The lowest BCUT2D eigenvalue weighted by molar-refractivity contribution is 0.349. The van der Waals surface area contributed by atoms with Crippen molar-refractivity contribution in [2.24, 2.45) is 0 Å². The van der Waals surface area contributed by atoms with Gasteiger partial charge in [-0.25, -0.2) is 0 Å². The zero-order valence-electron chi connectivity index (χ0n) is 12.0. The van der Waals surface area contributed by atoms with Crippen LogP contribution in [0, 0.1) is 0 Å². The van der Waals surface area contributed by atoms with Gasteiger partial charge in [-0.3, -0.25) is 0 Å². The summed E-state index contributed by atoms with van der Waals surface area (Å²) in [5.41, 5.74) is 7.43. The van der Waals surface area contributed by atoms with Gasteiger partial charge in [0.1, 0.15) is 0 Å². The second-order valence-corrected chi connectivity index (χ2v) is 7.39. The number of fused-ring (bicyclic) bond motifs is 8. The third-order valence-electron chi connectivity index (χ3n) is 6.41. The molecule has 0 radical (unpaired) electrons. The summed E-state index contributed by atoms with van der Waals surface area (Å²) in [6.07, 6.45) is 5.37. The predicted octanol–water partition coefficient (Wildman–Crippen LogP) is 4.72. The molecule has 3 aliphatic carbocycles. The molecular formula is C20H20. The Hall–Kier alpha value is -1.56. The van der Waals surface area contributed by atoms with Crippen LogP contribution in [-0.4, -0.2) is 0 Å². The molecule has 0 saturated heterocycles. The smallest absolute Gasteiger partial charge is 0.00363 e. The largest absolute Gasteiger partial charge is 0.0620 e. The minimum Gasteiger partial charge on any atom is -0.0620 e. The Morgan fingerprint density at radius 1 is 0.950 bits per heavy atom. The van der Waals surface area contributed by atoms with Crippen molar-refractivity contribution in [3.8, 4) is 0 Å². The van der Waals surface area contributed by atoms with Crippen LogP contribution in [0.4, 0.5) is 0 Å². The topological polar surface area (TPSA) is 0 Å². The zero-order valence-corrected chi connectivity index (χ0v) is 12.0. The van der Waals surface area contributed by atoms with Crippen molar-refractivity contribution in [1.29, 1.82) is 0 Å². The average Bonchev–Trinajstić information content (AvgIpc) is 3.09. The molecule has 0 amide bonds. The van der Waals surface area contributed by atoms with Crippen molar-refractivity contribution in [1.82, 2.24) is 0 Å². The molecule has 1 saturated carbocycles. The molecule has 3 aliphatic rings. The van der Waals surface area contributed by atoms with Crippen molar-refractivity contribution >= 4 is 0 Å². The molecule has 100 valence electrons. The second-order valence-electron chi connectivity index (χ2n) is 7.39. The summed E-state index contributed by atoms with van der Waals surface area (Å²) in [4.78, 5) is 0. The monoisotopic (exact) mass is 260 g/mol. The summed E-state index contributed by atoms with van der Waals surface area (Å²) in [5, 5.41) is 0. The first-order chi connectivity index (χ1) is 9.73. The zero-order chi connectivity index (χ0) is 13.4. The van der Waals surface area contributed by atoms with Crippen molar-refractivity contribution in [3.05, 3.63) is 70.8 Å². The van der Waals surface area contributed by atoms with Crippen LogP contribution < -0.4 is 0 Å².